The van der Waals surface area contributed by atoms with Crippen LogP contribution in [0.4, 0.5) is 8.78 Å². The molecule has 3 aliphatic rings. The van der Waals surface area contributed by atoms with E-state index in [0.29, 0.717) is 6.54 Å². The fraction of sp³-hybridized carbons (Fsp3) is 0.909. The van der Waals surface area contributed by atoms with E-state index in [-0.39, 0.29) is 13.0 Å². The Balaban J connectivity index is 2.45. The third-order valence-corrected chi connectivity index (χ3v) is 4.25. The number of hydrogen-bond acceptors (Lipinski definition) is 4. The highest BCUT2D eigenvalue weighted by atomic mass is 19.3. The number of piperidine rings is 3. The number of nitrogens with zero attached hydrogens (tertiary/aromatic N) is 1. The van der Waals surface area contributed by atoms with E-state index in [4.69, 9.17) is 4.74 Å². The van der Waals surface area contributed by atoms with Gasteiger partial charge in [0.2, 0.25) is 0 Å². The van der Waals surface area contributed by atoms with Crippen LogP contribution in [0.1, 0.15) is 13.3 Å². The molecular weight excluding hydrogens is 232 g/mol. The zero-order valence-corrected chi connectivity index (χ0v) is 10.0. The van der Waals surface area contributed by atoms with E-state index in [9.17, 15) is 18.7 Å². The van der Waals surface area contributed by atoms with E-state index < -0.39 is 35.8 Å². The molecule has 4 nitrogen and oxygen atoms in total. The SMILES string of the molecule is COC[C@]1(CO)C(=O)[C@@]2(C)CCN1CC2(F)F. The molecule has 1 unspecified atom stereocenters. The lowest BCUT2D eigenvalue weighted by Crippen LogP contribution is -2.78. The van der Waals surface area contributed by atoms with Crippen molar-refractivity contribution in [3.05, 3.63) is 0 Å². The standard InChI is InChI=1S/C11H17F2NO3/c1-9-3-4-14(5-11(9,12)13)10(6-15,7-17-2)8(9)16/h15H,3-7H2,1-2H3/t9-,10-/m1/s1. The van der Waals surface area contributed by atoms with Gasteiger partial charge in [0.1, 0.15) is 5.54 Å². The van der Waals surface area contributed by atoms with E-state index in [1.807, 2.05) is 0 Å². The van der Waals surface area contributed by atoms with Crippen LogP contribution >= 0.6 is 0 Å². The third kappa shape index (κ3) is 1.41. The van der Waals surface area contributed by atoms with Crippen LogP contribution in [0.5, 0.6) is 0 Å². The van der Waals surface area contributed by atoms with E-state index >= 15 is 0 Å². The first kappa shape index (κ1) is 12.9. The summed E-state index contributed by atoms with van der Waals surface area (Å²) in [7, 11) is 1.40. The molecule has 0 saturated carbocycles. The molecule has 0 aliphatic carbocycles. The second kappa shape index (κ2) is 3.70. The lowest BCUT2D eigenvalue weighted by atomic mass is 9.62. The highest BCUT2D eigenvalue weighted by molar-refractivity contribution is 5.96. The number of fused-ring (bicyclic) bond motifs is 3. The van der Waals surface area contributed by atoms with Crippen molar-refractivity contribution in [1.82, 2.24) is 4.90 Å². The maximum atomic E-state index is 13.9. The van der Waals surface area contributed by atoms with Crippen LogP contribution < -0.4 is 0 Å². The molecule has 0 radical (unpaired) electrons. The minimum atomic E-state index is -3.03. The molecule has 3 heterocycles. The fourth-order valence-corrected chi connectivity index (χ4v) is 2.95. The van der Waals surface area contributed by atoms with Crippen LogP contribution in [0, 0.1) is 5.41 Å². The molecule has 3 fully saturated rings. The van der Waals surface area contributed by atoms with E-state index in [2.05, 4.69) is 0 Å². The molecule has 3 rings (SSSR count). The topological polar surface area (TPSA) is 49.8 Å². The van der Waals surface area contributed by atoms with Gasteiger partial charge in [0, 0.05) is 13.7 Å². The number of carbonyl (C=O) groups is 1. The van der Waals surface area contributed by atoms with Crippen molar-refractivity contribution >= 4 is 5.78 Å². The second-order valence-electron chi connectivity index (χ2n) is 5.16. The van der Waals surface area contributed by atoms with Gasteiger partial charge in [-0.25, -0.2) is 8.78 Å². The quantitative estimate of drug-likeness (QED) is 0.781. The third-order valence-electron chi connectivity index (χ3n) is 4.25. The number of ether oxygens (including phenoxy) is 1. The molecule has 0 aromatic carbocycles. The lowest BCUT2D eigenvalue weighted by molar-refractivity contribution is -0.231. The molecule has 0 aromatic heterocycles. The fourth-order valence-electron chi connectivity index (χ4n) is 2.95. The number of aliphatic hydroxyl groups is 1. The monoisotopic (exact) mass is 249 g/mol. The van der Waals surface area contributed by atoms with Crippen molar-refractivity contribution in [2.75, 3.05) is 33.4 Å². The van der Waals surface area contributed by atoms with Crippen LogP contribution in [0.3, 0.4) is 0 Å². The Bertz CT molecular complexity index is 350. The van der Waals surface area contributed by atoms with Crippen molar-refractivity contribution in [3.63, 3.8) is 0 Å². The Kier molecular flexibility index (Phi) is 2.80. The van der Waals surface area contributed by atoms with Gasteiger partial charge in [-0.2, -0.15) is 0 Å². The predicted octanol–water partition coefficient (Wildman–Crippen LogP) is 0.294. The molecule has 98 valence electrons. The summed E-state index contributed by atoms with van der Waals surface area (Å²) in [4.78, 5) is 13.7. The molecule has 1 N–H and O–H groups in total. The molecule has 6 heteroatoms. The van der Waals surface area contributed by atoms with Gasteiger partial charge in [-0.15, -0.1) is 0 Å². The lowest BCUT2D eigenvalue weighted by Gasteiger charge is -2.58. The Hall–Kier alpha value is -0.590. The van der Waals surface area contributed by atoms with E-state index in [1.165, 1.54) is 18.9 Å². The summed E-state index contributed by atoms with van der Waals surface area (Å²) >= 11 is 0. The summed E-state index contributed by atoms with van der Waals surface area (Å²) in [6.45, 7) is 0.673. The summed E-state index contributed by atoms with van der Waals surface area (Å²) in [6, 6.07) is 0. The molecule has 0 aromatic rings. The number of methoxy groups -OCH3 is 1. The minimum Gasteiger partial charge on any atom is -0.394 e. The van der Waals surface area contributed by atoms with Crippen LogP contribution in [-0.4, -0.2) is 60.7 Å². The minimum absolute atomic E-state index is 0.0476. The number of rotatable bonds is 3. The van der Waals surface area contributed by atoms with Gasteiger partial charge in [0.25, 0.3) is 5.92 Å². The number of hydrogen-bond donors (Lipinski definition) is 1. The molecule has 0 amide bonds. The number of ketones is 1. The van der Waals surface area contributed by atoms with Crippen LogP contribution in [0.2, 0.25) is 0 Å². The maximum Gasteiger partial charge on any atom is 0.272 e. The second-order valence-corrected chi connectivity index (χ2v) is 5.16. The van der Waals surface area contributed by atoms with E-state index in [0.717, 1.165) is 0 Å². The molecular formula is C11H17F2NO3. The Labute approximate surface area is 98.5 Å². The summed E-state index contributed by atoms with van der Waals surface area (Å²) in [5.41, 5.74) is -2.97. The largest absolute Gasteiger partial charge is 0.394 e. The Morgan fingerprint density at radius 1 is 1.53 bits per heavy atom. The van der Waals surface area contributed by atoms with Crippen molar-refractivity contribution < 1.29 is 23.4 Å². The summed E-state index contributed by atoms with van der Waals surface area (Å²) in [5.74, 6) is -3.63. The summed E-state index contributed by atoms with van der Waals surface area (Å²) < 4.78 is 32.7. The Morgan fingerprint density at radius 3 is 2.65 bits per heavy atom. The van der Waals surface area contributed by atoms with Crippen molar-refractivity contribution in [2.45, 2.75) is 24.8 Å². The average Bonchev–Trinajstić information content (AvgIpc) is 2.27. The van der Waals surface area contributed by atoms with E-state index in [1.54, 1.807) is 0 Å². The number of aliphatic hydroxyl groups excluding tert-OH is 1. The number of halogens is 2. The zero-order chi connectivity index (χ0) is 12.9. The maximum absolute atomic E-state index is 13.9. The molecule has 17 heavy (non-hydrogen) atoms. The van der Waals surface area contributed by atoms with Crippen LogP contribution in [-0.2, 0) is 9.53 Å². The van der Waals surface area contributed by atoms with Crippen molar-refractivity contribution in [2.24, 2.45) is 5.41 Å². The highest BCUT2D eigenvalue weighted by Crippen LogP contribution is 2.53. The van der Waals surface area contributed by atoms with Gasteiger partial charge in [-0.3, -0.25) is 9.69 Å². The van der Waals surface area contributed by atoms with Gasteiger partial charge in [-0.1, -0.05) is 0 Å². The average molecular weight is 249 g/mol. The number of alkyl halides is 2. The van der Waals surface area contributed by atoms with Gasteiger partial charge in [0.05, 0.1) is 25.2 Å². The van der Waals surface area contributed by atoms with Crippen molar-refractivity contribution in [1.29, 1.82) is 0 Å². The molecule has 3 atom stereocenters. The zero-order valence-electron chi connectivity index (χ0n) is 10.0. The Morgan fingerprint density at radius 2 is 2.18 bits per heavy atom. The number of Topliss-reactive ketones (excluding diaryl/α,β-unsaturated/α-hetero) is 1. The smallest absolute Gasteiger partial charge is 0.272 e. The molecule has 3 aliphatic heterocycles. The summed E-state index contributed by atoms with van der Waals surface area (Å²) in [5, 5.41) is 9.46. The molecule has 0 spiro atoms. The normalized spacial score (nSPS) is 44.1. The van der Waals surface area contributed by atoms with Crippen LogP contribution in [0.25, 0.3) is 0 Å². The van der Waals surface area contributed by atoms with Crippen molar-refractivity contribution in [3.8, 4) is 0 Å². The summed E-state index contributed by atoms with van der Waals surface area (Å²) in [6.07, 6.45) is 0.129. The number of carbonyl (C=O) groups excluding carboxylic acids is 1. The first-order chi connectivity index (χ1) is 7.84. The van der Waals surface area contributed by atoms with Crippen LogP contribution in [0.15, 0.2) is 0 Å². The predicted molar refractivity (Wildman–Crippen MR) is 55.9 cm³/mol. The first-order valence-electron chi connectivity index (χ1n) is 5.62. The molecule has 2 bridgehead atoms. The molecule has 3 saturated heterocycles. The van der Waals surface area contributed by atoms with Gasteiger partial charge >= 0.3 is 0 Å². The van der Waals surface area contributed by atoms with Gasteiger partial charge in [0.15, 0.2) is 5.78 Å². The van der Waals surface area contributed by atoms with Gasteiger partial charge in [-0.05, 0) is 13.3 Å². The highest BCUT2D eigenvalue weighted by Gasteiger charge is 2.70. The first-order valence-corrected chi connectivity index (χ1v) is 5.62. The van der Waals surface area contributed by atoms with Gasteiger partial charge < -0.3 is 9.84 Å².